The highest BCUT2D eigenvalue weighted by Crippen LogP contribution is 2.31. The molecule has 6 nitrogen and oxygen atoms in total. The molecule has 3 aromatic rings. The Kier molecular flexibility index (Phi) is 6.31. The predicted octanol–water partition coefficient (Wildman–Crippen LogP) is 6.16. The van der Waals surface area contributed by atoms with E-state index in [1.165, 1.54) is 0 Å². The Hall–Kier alpha value is -2.05. The zero-order valence-corrected chi connectivity index (χ0v) is 19.9. The fourth-order valence-electron chi connectivity index (χ4n) is 3.86. The second-order valence-corrected chi connectivity index (χ2v) is 9.79. The second-order valence-electron chi connectivity index (χ2n) is 8.97. The van der Waals surface area contributed by atoms with E-state index in [2.05, 4.69) is 42.6 Å². The molecular formula is C23H29Cl2N5O. The second kappa shape index (κ2) is 8.83. The molecule has 0 bridgehead atoms. The van der Waals surface area contributed by atoms with Gasteiger partial charge in [0.1, 0.15) is 5.69 Å². The summed E-state index contributed by atoms with van der Waals surface area (Å²) in [6, 6.07) is 6.35. The van der Waals surface area contributed by atoms with Crippen molar-refractivity contribution in [1.29, 1.82) is 0 Å². The molecule has 8 heteroatoms. The maximum atomic E-state index is 12.7. The molecule has 2 atom stereocenters. The Morgan fingerprint density at radius 1 is 1.13 bits per heavy atom. The number of halogens is 2. The van der Waals surface area contributed by atoms with Crippen LogP contribution in [-0.4, -0.2) is 31.3 Å². The number of carbonyl (C=O) groups excluding carboxylic acids is 1. The van der Waals surface area contributed by atoms with Gasteiger partial charge in [0, 0.05) is 24.0 Å². The zero-order chi connectivity index (χ0) is 22.3. The van der Waals surface area contributed by atoms with Gasteiger partial charge in [-0.05, 0) is 64.7 Å². The van der Waals surface area contributed by atoms with E-state index < -0.39 is 0 Å². The molecule has 2 heterocycles. The van der Waals surface area contributed by atoms with Crippen LogP contribution >= 0.6 is 23.2 Å². The standard InChI is InChI=1S/C23H29Cl2N5O/c1-13(2)30-22(23(31)27-16-7-8-16)11-19(28-30)14(3)5-6-15(4)29-12-26-20-9-17(24)18(25)10-21(20)29/h9-16H,5-8H2,1-4H3,(H,27,31). The van der Waals surface area contributed by atoms with E-state index >= 15 is 0 Å². The molecule has 2 aromatic heterocycles. The van der Waals surface area contributed by atoms with E-state index in [1.54, 1.807) is 6.07 Å². The van der Waals surface area contributed by atoms with E-state index in [-0.39, 0.29) is 23.9 Å². The van der Waals surface area contributed by atoms with Crippen molar-refractivity contribution in [1.82, 2.24) is 24.6 Å². The zero-order valence-electron chi connectivity index (χ0n) is 18.4. The average Bonchev–Trinajstić information content (AvgIpc) is 3.26. The van der Waals surface area contributed by atoms with Crippen molar-refractivity contribution in [3.05, 3.63) is 46.0 Å². The van der Waals surface area contributed by atoms with Crippen LogP contribution in [0.2, 0.25) is 10.0 Å². The van der Waals surface area contributed by atoms with Crippen LogP contribution in [0.4, 0.5) is 0 Å². The molecule has 0 spiro atoms. The van der Waals surface area contributed by atoms with Crippen LogP contribution in [0.1, 0.15) is 87.6 Å². The van der Waals surface area contributed by atoms with Crippen molar-refractivity contribution in [2.24, 2.45) is 0 Å². The minimum Gasteiger partial charge on any atom is -0.348 e. The topological polar surface area (TPSA) is 64.7 Å². The van der Waals surface area contributed by atoms with E-state index in [1.807, 2.05) is 23.1 Å². The lowest BCUT2D eigenvalue weighted by molar-refractivity contribution is 0.0938. The monoisotopic (exact) mass is 461 g/mol. The first-order chi connectivity index (χ1) is 14.7. The van der Waals surface area contributed by atoms with Gasteiger partial charge in [-0.15, -0.1) is 0 Å². The first-order valence-electron chi connectivity index (χ1n) is 11.0. The molecule has 0 aliphatic heterocycles. The Bertz CT molecular complexity index is 1100. The Labute approximate surface area is 192 Å². The summed E-state index contributed by atoms with van der Waals surface area (Å²) in [6.45, 7) is 8.46. The number of carbonyl (C=O) groups is 1. The van der Waals surface area contributed by atoms with Crippen LogP contribution < -0.4 is 5.32 Å². The molecule has 0 saturated heterocycles. The van der Waals surface area contributed by atoms with Crippen LogP contribution in [0.15, 0.2) is 24.5 Å². The quantitative estimate of drug-likeness (QED) is 0.436. The van der Waals surface area contributed by atoms with Crippen molar-refractivity contribution in [3.8, 4) is 0 Å². The number of nitrogens with zero attached hydrogens (tertiary/aromatic N) is 4. The third-order valence-electron chi connectivity index (χ3n) is 6.00. The molecule has 1 saturated carbocycles. The number of benzene rings is 1. The average molecular weight is 462 g/mol. The van der Waals surface area contributed by atoms with Crippen LogP contribution in [0.5, 0.6) is 0 Å². The fraction of sp³-hybridized carbons (Fsp3) is 0.522. The highest BCUT2D eigenvalue weighted by molar-refractivity contribution is 6.42. The summed E-state index contributed by atoms with van der Waals surface area (Å²) in [6.07, 6.45) is 5.89. The van der Waals surface area contributed by atoms with Gasteiger partial charge in [0.2, 0.25) is 0 Å². The Morgan fingerprint density at radius 2 is 1.84 bits per heavy atom. The highest BCUT2D eigenvalue weighted by atomic mass is 35.5. The van der Waals surface area contributed by atoms with Gasteiger partial charge in [-0.25, -0.2) is 4.98 Å². The van der Waals surface area contributed by atoms with Gasteiger partial charge >= 0.3 is 0 Å². The summed E-state index contributed by atoms with van der Waals surface area (Å²) in [4.78, 5) is 17.1. The number of amides is 1. The molecule has 2 unspecified atom stereocenters. The molecule has 1 amide bonds. The number of hydrogen-bond donors (Lipinski definition) is 1. The minimum absolute atomic E-state index is 0.0176. The summed E-state index contributed by atoms with van der Waals surface area (Å²) < 4.78 is 3.99. The molecule has 1 fully saturated rings. The van der Waals surface area contributed by atoms with E-state index in [0.717, 1.165) is 42.4 Å². The van der Waals surface area contributed by atoms with Crippen molar-refractivity contribution in [2.45, 2.75) is 77.4 Å². The summed E-state index contributed by atoms with van der Waals surface area (Å²) in [5, 5.41) is 8.91. The van der Waals surface area contributed by atoms with E-state index in [4.69, 9.17) is 28.3 Å². The summed E-state index contributed by atoms with van der Waals surface area (Å²) in [5.74, 6) is 0.221. The first kappa shape index (κ1) is 22.2. The molecule has 1 aromatic carbocycles. The number of aromatic nitrogens is 4. The van der Waals surface area contributed by atoms with Gasteiger partial charge in [-0.1, -0.05) is 30.1 Å². The van der Waals surface area contributed by atoms with Crippen molar-refractivity contribution in [2.75, 3.05) is 0 Å². The summed E-state index contributed by atoms with van der Waals surface area (Å²) in [5.41, 5.74) is 3.45. The van der Waals surface area contributed by atoms with Gasteiger partial charge in [-0.3, -0.25) is 9.48 Å². The lowest BCUT2D eigenvalue weighted by atomic mass is 9.98. The maximum absolute atomic E-state index is 12.7. The molecule has 0 radical (unpaired) electrons. The molecule has 31 heavy (non-hydrogen) atoms. The summed E-state index contributed by atoms with van der Waals surface area (Å²) in [7, 11) is 0. The van der Waals surface area contributed by atoms with Crippen LogP contribution in [-0.2, 0) is 0 Å². The first-order valence-corrected chi connectivity index (χ1v) is 11.7. The lowest BCUT2D eigenvalue weighted by Crippen LogP contribution is -2.28. The fourth-order valence-corrected chi connectivity index (χ4v) is 4.17. The lowest BCUT2D eigenvalue weighted by Gasteiger charge is -2.17. The number of nitrogens with one attached hydrogen (secondary N) is 1. The van der Waals surface area contributed by atoms with E-state index in [0.29, 0.717) is 21.8 Å². The van der Waals surface area contributed by atoms with Crippen LogP contribution in [0, 0.1) is 0 Å². The molecule has 1 aliphatic rings. The third kappa shape index (κ3) is 4.75. The summed E-state index contributed by atoms with van der Waals surface area (Å²) >= 11 is 12.3. The normalized spacial score (nSPS) is 16.1. The van der Waals surface area contributed by atoms with Gasteiger partial charge in [0.25, 0.3) is 5.91 Å². The molecule has 166 valence electrons. The van der Waals surface area contributed by atoms with Crippen molar-refractivity contribution < 1.29 is 4.79 Å². The number of fused-ring (bicyclic) bond motifs is 1. The molecular weight excluding hydrogens is 433 g/mol. The van der Waals surface area contributed by atoms with E-state index in [9.17, 15) is 4.79 Å². The molecule has 1 N–H and O–H groups in total. The molecule has 1 aliphatic carbocycles. The molecule has 4 rings (SSSR count). The van der Waals surface area contributed by atoms with Gasteiger partial charge < -0.3 is 9.88 Å². The van der Waals surface area contributed by atoms with Gasteiger partial charge in [-0.2, -0.15) is 5.10 Å². The number of imidazole rings is 1. The van der Waals surface area contributed by atoms with Gasteiger partial charge in [0.05, 0.1) is 33.1 Å². The van der Waals surface area contributed by atoms with Gasteiger partial charge in [0.15, 0.2) is 0 Å². The number of hydrogen-bond acceptors (Lipinski definition) is 3. The highest BCUT2D eigenvalue weighted by Gasteiger charge is 2.27. The minimum atomic E-state index is -0.0176. The SMILES string of the molecule is CC(CCC(C)n1cnc2cc(Cl)c(Cl)cc21)c1cc(C(=O)NC2CC2)n(C(C)C)n1. The van der Waals surface area contributed by atoms with Crippen molar-refractivity contribution in [3.63, 3.8) is 0 Å². The predicted molar refractivity (Wildman–Crippen MR) is 125 cm³/mol. The Balaban J connectivity index is 1.46. The largest absolute Gasteiger partial charge is 0.348 e. The van der Waals surface area contributed by atoms with Crippen LogP contribution in [0.3, 0.4) is 0 Å². The number of rotatable bonds is 8. The van der Waals surface area contributed by atoms with Crippen molar-refractivity contribution >= 4 is 40.1 Å². The smallest absolute Gasteiger partial charge is 0.269 e. The van der Waals surface area contributed by atoms with Crippen LogP contribution in [0.25, 0.3) is 11.0 Å². The Morgan fingerprint density at radius 3 is 2.52 bits per heavy atom. The maximum Gasteiger partial charge on any atom is 0.269 e. The third-order valence-corrected chi connectivity index (χ3v) is 6.73.